The van der Waals surface area contributed by atoms with Crippen molar-refractivity contribution in [1.29, 1.82) is 0 Å². The van der Waals surface area contributed by atoms with Crippen LogP contribution in [0, 0.1) is 0 Å². The lowest BCUT2D eigenvalue weighted by Crippen LogP contribution is -2.32. The van der Waals surface area contributed by atoms with E-state index in [4.69, 9.17) is 27.9 Å². The number of nitrogens with zero attached hydrogens (tertiary/aromatic N) is 1. The Morgan fingerprint density at radius 2 is 1.85 bits per heavy atom. The van der Waals surface area contributed by atoms with Crippen LogP contribution in [0.15, 0.2) is 42.5 Å². The van der Waals surface area contributed by atoms with Crippen LogP contribution >= 0.6 is 23.2 Å². The van der Waals surface area contributed by atoms with Crippen molar-refractivity contribution in [3.05, 3.63) is 58.1 Å². The maximum absolute atomic E-state index is 12.4. The summed E-state index contributed by atoms with van der Waals surface area (Å²) in [5, 5.41) is 3.50. The first-order valence-electron chi connectivity index (χ1n) is 8.30. The van der Waals surface area contributed by atoms with Gasteiger partial charge in [-0.2, -0.15) is 0 Å². The van der Waals surface area contributed by atoms with Gasteiger partial charge in [0, 0.05) is 29.9 Å². The van der Waals surface area contributed by atoms with Crippen LogP contribution in [-0.4, -0.2) is 36.4 Å². The number of amides is 2. The molecule has 0 spiro atoms. The second kappa shape index (κ2) is 8.43. The quantitative estimate of drug-likeness (QED) is 0.827. The molecule has 2 aromatic carbocycles. The predicted molar refractivity (Wildman–Crippen MR) is 102 cm³/mol. The number of halogens is 2. The zero-order valence-corrected chi connectivity index (χ0v) is 15.5. The van der Waals surface area contributed by atoms with E-state index in [0.717, 1.165) is 25.9 Å². The van der Waals surface area contributed by atoms with E-state index in [1.807, 2.05) is 0 Å². The smallest absolute Gasteiger partial charge is 0.260 e. The average molecular weight is 393 g/mol. The van der Waals surface area contributed by atoms with E-state index >= 15 is 0 Å². The highest BCUT2D eigenvalue weighted by atomic mass is 35.5. The standard InChI is InChI=1S/C19H18Cl2N2O3/c20-13-6-7-16(17(21)10-13)19(25)22-14-4-3-5-15(11-14)26-12-18(24)23-8-1-2-9-23/h3-7,10-11H,1-2,8-9,12H2,(H,22,25). The molecular formula is C19H18Cl2N2O3. The molecule has 0 aromatic heterocycles. The molecule has 1 N–H and O–H groups in total. The molecule has 1 heterocycles. The van der Waals surface area contributed by atoms with Gasteiger partial charge < -0.3 is 15.0 Å². The molecular weight excluding hydrogens is 375 g/mol. The molecule has 1 saturated heterocycles. The molecule has 1 aliphatic rings. The van der Waals surface area contributed by atoms with Crippen molar-refractivity contribution < 1.29 is 14.3 Å². The van der Waals surface area contributed by atoms with Crippen molar-refractivity contribution in [2.75, 3.05) is 25.0 Å². The Bertz CT molecular complexity index is 820. The maximum Gasteiger partial charge on any atom is 0.260 e. The number of likely N-dealkylation sites (tertiary alicyclic amines) is 1. The molecule has 26 heavy (non-hydrogen) atoms. The van der Waals surface area contributed by atoms with Gasteiger partial charge in [-0.1, -0.05) is 29.3 Å². The van der Waals surface area contributed by atoms with Gasteiger partial charge in [-0.15, -0.1) is 0 Å². The number of ether oxygens (including phenoxy) is 1. The maximum atomic E-state index is 12.4. The lowest BCUT2D eigenvalue weighted by Gasteiger charge is -2.15. The molecule has 5 nitrogen and oxygen atoms in total. The summed E-state index contributed by atoms with van der Waals surface area (Å²) in [4.78, 5) is 26.2. The van der Waals surface area contributed by atoms with Crippen molar-refractivity contribution >= 4 is 40.7 Å². The van der Waals surface area contributed by atoms with Crippen LogP contribution in [0.2, 0.25) is 10.0 Å². The highest BCUT2D eigenvalue weighted by Crippen LogP contribution is 2.23. The first kappa shape index (κ1) is 18.5. The molecule has 7 heteroatoms. The summed E-state index contributed by atoms with van der Waals surface area (Å²) >= 11 is 11.9. The molecule has 0 saturated carbocycles. The van der Waals surface area contributed by atoms with E-state index in [-0.39, 0.29) is 23.4 Å². The zero-order valence-electron chi connectivity index (χ0n) is 14.0. The Morgan fingerprint density at radius 3 is 2.58 bits per heavy atom. The van der Waals surface area contributed by atoms with E-state index < -0.39 is 0 Å². The van der Waals surface area contributed by atoms with Crippen molar-refractivity contribution in [3.8, 4) is 5.75 Å². The number of nitrogens with one attached hydrogen (secondary N) is 1. The van der Waals surface area contributed by atoms with Gasteiger partial charge in [0.05, 0.1) is 10.6 Å². The molecule has 0 unspecified atom stereocenters. The highest BCUT2D eigenvalue weighted by molar-refractivity contribution is 6.37. The van der Waals surface area contributed by atoms with Gasteiger partial charge in [0.1, 0.15) is 5.75 Å². The van der Waals surface area contributed by atoms with Crippen LogP contribution in [0.4, 0.5) is 5.69 Å². The summed E-state index contributed by atoms with van der Waals surface area (Å²) in [6.45, 7) is 1.57. The monoisotopic (exact) mass is 392 g/mol. The van der Waals surface area contributed by atoms with Gasteiger partial charge >= 0.3 is 0 Å². The van der Waals surface area contributed by atoms with Crippen LogP contribution in [0.5, 0.6) is 5.75 Å². The van der Waals surface area contributed by atoms with E-state index in [0.29, 0.717) is 22.0 Å². The SMILES string of the molecule is O=C(Nc1cccc(OCC(=O)N2CCCC2)c1)c1ccc(Cl)cc1Cl. The fourth-order valence-electron chi connectivity index (χ4n) is 2.74. The van der Waals surface area contributed by atoms with Crippen LogP contribution in [0.25, 0.3) is 0 Å². The Labute approximate surface area is 161 Å². The van der Waals surface area contributed by atoms with E-state index in [2.05, 4.69) is 5.32 Å². The third-order valence-corrected chi connectivity index (χ3v) is 4.64. The van der Waals surface area contributed by atoms with Crippen LogP contribution in [0.3, 0.4) is 0 Å². The molecule has 136 valence electrons. The van der Waals surface area contributed by atoms with Gasteiger partial charge in [0.15, 0.2) is 6.61 Å². The Balaban J connectivity index is 1.61. The molecule has 1 fully saturated rings. The Morgan fingerprint density at radius 1 is 1.08 bits per heavy atom. The molecule has 0 aliphatic carbocycles. The molecule has 0 atom stereocenters. The summed E-state index contributed by atoms with van der Waals surface area (Å²) < 4.78 is 5.56. The van der Waals surface area contributed by atoms with Gasteiger partial charge in [-0.25, -0.2) is 0 Å². The normalized spacial score (nSPS) is 13.5. The van der Waals surface area contributed by atoms with Gasteiger partial charge in [-0.05, 0) is 43.2 Å². The summed E-state index contributed by atoms with van der Waals surface area (Å²) in [7, 11) is 0. The minimum Gasteiger partial charge on any atom is -0.484 e. The molecule has 2 aromatic rings. The predicted octanol–water partition coefficient (Wildman–Crippen LogP) is 4.25. The first-order chi connectivity index (χ1) is 12.5. The minimum absolute atomic E-state index is 0.0135. The Kier molecular flexibility index (Phi) is 6.01. The zero-order chi connectivity index (χ0) is 18.5. The summed E-state index contributed by atoms with van der Waals surface area (Å²) in [6.07, 6.45) is 2.08. The van der Waals surface area contributed by atoms with Crippen molar-refractivity contribution in [2.24, 2.45) is 0 Å². The molecule has 1 aliphatic heterocycles. The molecule has 2 amide bonds. The van der Waals surface area contributed by atoms with Crippen molar-refractivity contribution in [3.63, 3.8) is 0 Å². The van der Waals surface area contributed by atoms with Gasteiger partial charge in [-0.3, -0.25) is 9.59 Å². The summed E-state index contributed by atoms with van der Waals surface area (Å²) in [5.41, 5.74) is 0.874. The highest BCUT2D eigenvalue weighted by Gasteiger charge is 2.18. The largest absolute Gasteiger partial charge is 0.484 e. The topological polar surface area (TPSA) is 58.6 Å². The fourth-order valence-corrected chi connectivity index (χ4v) is 3.23. The molecule has 0 radical (unpaired) electrons. The van der Waals surface area contributed by atoms with Crippen molar-refractivity contribution in [1.82, 2.24) is 4.90 Å². The third kappa shape index (κ3) is 4.68. The van der Waals surface area contributed by atoms with E-state index in [1.165, 1.54) is 6.07 Å². The van der Waals surface area contributed by atoms with Gasteiger partial charge in [0.25, 0.3) is 11.8 Å². The van der Waals surface area contributed by atoms with Gasteiger partial charge in [0.2, 0.25) is 0 Å². The Hall–Kier alpha value is -2.24. The van der Waals surface area contributed by atoms with Crippen LogP contribution < -0.4 is 10.1 Å². The second-order valence-corrected chi connectivity index (χ2v) is 6.83. The number of hydrogen-bond donors (Lipinski definition) is 1. The van der Waals surface area contributed by atoms with Crippen molar-refractivity contribution in [2.45, 2.75) is 12.8 Å². The second-order valence-electron chi connectivity index (χ2n) is 5.98. The lowest BCUT2D eigenvalue weighted by molar-refractivity contribution is -0.132. The first-order valence-corrected chi connectivity index (χ1v) is 9.05. The number of hydrogen-bond acceptors (Lipinski definition) is 3. The number of benzene rings is 2. The molecule has 0 bridgehead atoms. The van der Waals surface area contributed by atoms with E-state index in [1.54, 1.807) is 41.3 Å². The lowest BCUT2D eigenvalue weighted by atomic mass is 10.2. The summed E-state index contributed by atoms with van der Waals surface area (Å²) in [5.74, 6) is 0.138. The number of carbonyl (C=O) groups is 2. The fraction of sp³-hybridized carbons (Fsp3) is 0.263. The minimum atomic E-state index is -0.350. The summed E-state index contributed by atoms with van der Waals surface area (Å²) in [6, 6.07) is 11.6. The molecule has 3 rings (SSSR count). The average Bonchev–Trinajstić information content (AvgIpc) is 3.14. The number of rotatable bonds is 5. The van der Waals surface area contributed by atoms with E-state index in [9.17, 15) is 9.59 Å². The number of anilines is 1. The third-order valence-electron chi connectivity index (χ3n) is 4.09. The van der Waals surface area contributed by atoms with Crippen LogP contribution in [0.1, 0.15) is 23.2 Å². The van der Waals surface area contributed by atoms with Crippen LogP contribution in [-0.2, 0) is 4.79 Å². The number of carbonyl (C=O) groups excluding carboxylic acids is 2.